The summed E-state index contributed by atoms with van der Waals surface area (Å²) in [7, 11) is 0. The van der Waals surface area contributed by atoms with Gasteiger partial charge in [-0.25, -0.2) is 4.98 Å². The van der Waals surface area contributed by atoms with Crippen molar-refractivity contribution < 1.29 is 9.59 Å². The molecule has 2 atom stereocenters. The predicted octanol–water partition coefficient (Wildman–Crippen LogP) is 5.32. The van der Waals surface area contributed by atoms with Crippen molar-refractivity contribution in [2.75, 3.05) is 5.32 Å². The summed E-state index contributed by atoms with van der Waals surface area (Å²) >= 11 is 9.41. The highest BCUT2D eigenvalue weighted by Gasteiger charge is 2.42. The van der Waals surface area contributed by atoms with Gasteiger partial charge in [-0.2, -0.15) is 0 Å². The molecule has 0 bridgehead atoms. The van der Waals surface area contributed by atoms with E-state index in [9.17, 15) is 9.59 Å². The number of benzene rings is 1. The van der Waals surface area contributed by atoms with E-state index in [1.165, 1.54) is 0 Å². The molecule has 4 rings (SSSR count). The first kappa shape index (κ1) is 20.0. The van der Waals surface area contributed by atoms with Crippen LogP contribution in [0.5, 0.6) is 0 Å². The first-order valence-electron chi connectivity index (χ1n) is 9.43. The molecule has 2 aromatic rings. The number of hydrogen-bond acceptors (Lipinski definition) is 4. The number of aromatic nitrogens is 1. The van der Waals surface area contributed by atoms with Crippen LogP contribution in [0, 0.1) is 5.92 Å². The Morgan fingerprint density at radius 1 is 1.17 bits per heavy atom. The van der Waals surface area contributed by atoms with Crippen LogP contribution in [0.4, 0.5) is 5.82 Å². The lowest BCUT2D eigenvalue weighted by Gasteiger charge is -2.35. The van der Waals surface area contributed by atoms with Crippen LogP contribution in [0.3, 0.4) is 0 Å². The maximum atomic E-state index is 13.3. The summed E-state index contributed by atoms with van der Waals surface area (Å²) in [4.78, 5) is 35.0. The van der Waals surface area contributed by atoms with Crippen molar-refractivity contribution in [3.8, 4) is 0 Å². The molecule has 0 fully saturated rings. The SMILES string of the molecule is CC1=NC2=C(C(=O)CCC2)[C@@H](c2ccc(Cl)cc2)C1C(=O)Nc1ccc(Br)cn1. The number of halogens is 2. The molecule has 0 spiro atoms. The Hall–Kier alpha value is -2.31. The van der Waals surface area contributed by atoms with Gasteiger partial charge in [-0.3, -0.25) is 14.6 Å². The van der Waals surface area contributed by atoms with E-state index in [1.807, 2.05) is 25.1 Å². The Morgan fingerprint density at radius 2 is 1.93 bits per heavy atom. The van der Waals surface area contributed by atoms with Crippen LogP contribution in [0.1, 0.15) is 37.7 Å². The molecular weight excluding hydrogens is 454 g/mol. The van der Waals surface area contributed by atoms with Crippen LogP contribution in [0.15, 0.2) is 63.3 Å². The summed E-state index contributed by atoms with van der Waals surface area (Å²) in [6.07, 6.45) is 3.66. The van der Waals surface area contributed by atoms with Gasteiger partial charge in [0.25, 0.3) is 0 Å². The van der Waals surface area contributed by atoms with Gasteiger partial charge in [-0.1, -0.05) is 23.7 Å². The van der Waals surface area contributed by atoms with E-state index in [0.29, 0.717) is 28.5 Å². The first-order chi connectivity index (χ1) is 13.9. The summed E-state index contributed by atoms with van der Waals surface area (Å²) < 4.78 is 0.826. The van der Waals surface area contributed by atoms with Gasteiger partial charge in [0.2, 0.25) is 5.91 Å². The number of pyridine rings is 1. The molecule has 7 heteroatoms. The van der Waals surface area contributed by atoms with Crippen LogP contribution in [0.25, 0.3) is 0 Å². The highest BCUT2D eigenvalue weighted by Crippen LogP contribution is 2.43. The van der Waals surface area contributed by atoms with E-state index in [0.717, 1.165) is 28.6 Å². The average molecular weight is 473 g/mol. The molecule has 1 aliphatic carbocycles. The van der Waals surface area contributed by atoms with E-state index in [1.54, 1.807) is 24.4 Å². The zero-order valence-corrected chi connectivity index (χ0v) is 18.1. The molecule has 0 radical (unpaired) electrons. The highest BCUT2D eigenvalue weighted by atomic mass is 79.9. The molecule has 1 amide bonds. The van der Waals surface area contributed by atoms with Crippen molar-refractivity contribution >= 4 is 50.8 Å². The fourth-order valence-corrected chi connectivity index (χ4v) is 4.39. The number of ketones is 1. The average Bonchev–Trinajstić information content (AvgIpc) is 2.69. The highest BCUT2D eigenvalue weighted by molar-refractivity contribution is 9.10. The summed E-state index contributed by atoms with van der Waals surface area (Å²) in [5.41, 5.74) is 3.06. The third-order valence-corrected chi connectivity index (χ3v) is 6.05. The smallest absolute Gasteiger partial charge is 0.235 e. The zero-order chi connectivity index (χ0) is 20.5. The molecule has 0 saturated carbocycles. The number of rotatable bonds is 3. The number of carbonyl (C=O) groups is 2. The Labute approximate surface area is 182 Å². The molecule has 2 heterocycles. The molecule has 0 saturated heterocycles. The van der Waals surface area contributed by atoms with Crippen molar-refractivity contribution in [2.45, 2.75) is 32.1 Å². The van der Waals surface area contributed by atoms with Gasteiger partial charge in [-0.05, 0) is 65.5 Å². The Kier molecular flexibility index (Phi) is 5.65. The minimum absolute atomic E-state index is 0.0713. The van der Waals surface area contributed by atoms with Gasteiger partial charge < -0.3 is 5.32 Å². The predicted molar refractivity (Wildman–Crippen MR) is 117 cm³/mol. The lowest BCUT2D eigenvalue weighted by molar-refractivity contribution is -0.119. The second kappa shape index (κ2) is 8.20. The molecule has 5 nitrogen and oxygen atoms in total. The Bertz CT molecular complexity index is 1030. The molecule has 1 aliphatic heterocycles. The first-order valence-corrected chi connectivity index (χ1v) is 10.6. The summed E-state index contributed by atoms with van der Waals surface area (Å²) in [6, 6.07) is 10.9. The number of aliphatic imine (C=N–C) groups is 1. The monoisotopic (exact) mass is 471 g/mol. The van der Waals surface area contributed by atoms with Crippen molar-refractivity contribution in [2.24, 2.45) is 10.9 Å². The number of hydrogen-bond donors (Lipinski definition) is 1. The van der Waals surface area contributed by atoms with Crippen molar-refractivity contribution in [1.29, 1.82) is 0 Å². The van der Waals surface area contributed by atoms with Crippen molar-refractivity contribution in [1.82, 2.24) is 4.98 Å². The number of allylic oxidation sites excluding steroid dienone is 2. The summed E-state index contributed by atoms with van der Waals surface area (Å²) in [5, 5.41) is 3.49. The molecule has 148 valence electrons. The van der Waals surface area contributed by atoms with E-state index >= 15 is 0 Å². The van der Waals surface area contributed by atoms with E-state index < -0.39 is 5.92 Å². The van der Waals surface area contributed by atoms with Gasteiger partial charge in [0.15, 0.2) is 5.78 Å². The fourth-order valence-electron chi connectivity index (χ4n) is 4.03. The number of nitrogens with zero attached hydrogens (tertiary/aromatic N) is 2. The fraction of sp³-hybridized carbons (Fsp3) is 0.273. The van der Waals surface area contributed by atoms with Gasteiger partial charge in [0.05, 0.1) is 5.92 Å². The van der Waals surface area contributed by atoms with Crippen molar-refractivity contribution in [3.63, 3.8) is 0 Å². The lowest BCUT2D eigenvalue weighted by Crippen LogP contribution is -2.39. The van der Waals surface area contributed by atoms with Crippen LogP contribution in [0.2, 0.25) is 5.02 Å². The van der Waals surface area contributed by atoms with E-state index in [4.69, 9.17) is 11.6 Å². The Balaban J connectivity index is 1.76. The standard InChI is InChI=1S/C22H19BrClN3O2/c1-12-19(22(29)27-18-10-7-14(23)11-25-18)20(13-5-8-15(24)9-6-13)21-16(26-12)3-2-4-17(21)28/h5-11,19-20H,2-4H2,1H3,(H,25,27,29)/t19?,20-/m0/s1. The normalized spacial score (nSPS) is 21.5. The van der Waals surface area contributed by atoms with Crippen LogP contribution in [-0.2, 0) is 9.59 Å². The summed E-state index contributed by atoms with van der Waals surface area (Å²) in [6.45, 7) is 1.85. The molecule has 2 aliphatic rings. The van der Waals surface area contributed by atoms with Crippen LogP contribution in [-0.4, -0.2) is 22.4 Å². The van der Waals surface area contributed by atoms with Gasteiger partial charge >= 0.3 is 0 Å². The topological polar surface area (TPSA) is 71.4 Å². The van der Waals surface area contributed by atoms with E-state index in [-0.39, 0.29) is 17.6 Å². The molecule has 1 aromatic heterocycles. The number of amides is 1. The lowest BCUT2D eigenvalue weighted by atomic mass is 9.71. The molecule has 1 unspecified atom stereocenters. The van der Waals surface area contributed by atoms with E-state index in [2.05, 4.69) is 31.2 Å². The third kappa shape index (κ3) is 4.05. The molecule has 1 N–H and O–H groups in total. The second-order valence-corrected chi connectivity index (χ2v) is 8.60. The molecule has 29 heavy (non-hydrogen) atoms. The quantitative estimate of drug-likeness (QED) is 0.657. The summed E-state index contributed by atoms with van der Waals surface area (Å²) in [5.74, 6) is -0.686. The minimum Gasteiger partial charge on any atom is -0.310 e. The number of anilines is 1. The third-order valence-electron chi connectivity index (χ3n) is 5.32. The second-order valence-electron chi connectivity index (χ2n) is 7.25. The number of nitrogens with one attached hydrogen (secondary N) is 1. The maximum absolute atomic E-state index is 13.3. The zero-order valence-electron chi connectivity index (χ0n) is 15.8. The minimum atomic E-state index is -0.595. The van der Waals surface area contributed by atoms with Crippen LogP contribution < -0.4 is 5.32 Å². The van der Waals surface area contributed by atoms with Crippen LogP contribution >= 0.6 is 27.5 Å². The van der Waals surface area contributed by atoms with Crippen molar-refractivity contribution in [3.05, 3.63) is 68.9 Å². The molecule has 1 aromatic carbocycles. The maximum Gasteiger partial charge on any atom is 0.235 e. The van der Waals surface area contributed by atoms with Gasteiger partial charge in [-0.15, -0.1) is 0 Å². The van der Waals surface area contributed by atoms with Gasteiger partial charge in [0.1, 0.15) is 5.82 Å². The number of Topliss-reactive ketones (excluding diaryl/α,β-unsaturated/α-hetero) is 1. The number of carbonyl (C=O) groups excluding carboxylic acids is 2. The molecular formula is C22H19BrClN3O2. The largest absolute Gasteiger partial charge is 0.310 e. The van der Waals surface area contributed by atoms with Gasteiger partial charge in [0, 0.05) is 45.0 Å². The Morgan fingerprint density at radius 3 is 2.62 bits per heavy atom.